The zero-order chi connectivity index (χ0) is 19.1. The number of thiophene rings is 1. The molecule has 0 spiro atoms. The molecule has 9 heteroatoms. The van der Waals surface area contributed by atoms with Crippen LogP contribution in [0.3, 0.4) is 0 Å². The highest BCUT2D eigenvalue weighted by molar-refractivity contribution is 7.10. The zero-order valence-electron chi connectivity index (χ0n) is 14.5. The van der Waals surface area contributed by atoms with E-state index in [0.29, 0.717) is 11.4 Å². The number of carbonyl (C=O) groups is 2. The molecule has 0 fully saturated rings. The summed E-state index contributed by atoms with van der Waals surface area (Å²) in [6, 6.07) is 10.8. The number of nitrogens with one attached hydrogen (secondary N) is 1. The molecule has 0 aliphatic rings. The number of hydrogen-bond acceptors (Lipinski definition) is 8. The molecule has 0 bridgehead atoms. The number of amides is 1. The molecule has 0 radical (unpaired) electrons. The molecule has 3 aromatic rings. The molecule has 27 heavy (non-hydrogen) atoms. The molecule has 0 unspecified atom stereocenters. The van der Waals surface area contributed by atoms with Crippen molar-refractivity contribution in [1.29, 1.82) is 0 Å². The Morgan fingerprint density at radius 1 is 1.19 bits per heavy atom. The van der Waals surface area contributed by atoms with E-state index in [2.05, 4.69) is 15.5 Å². The molecule has 3 rings (SSSR count). The van der Waals surface area contributed by atoms with Crippen LogP contribution < -0.4 is 10.1 Å². The monoisotopic (exact) mass is 387 g/mol. The molecule has 1 N–H and O–H groups in total. The summed E-state index contributed by atoms with van der Waals surface area (Å²) in [5.74, 6) is 0.186. The van der Waals surface area contributed by atoms with Crippen LogP contribution in [0.4, 0.5) is 5.69 Å². The number of rotatable bonds is 8. The minimum absolute atomic E-state index is 0.0787. The second-order valence-corrected chi connectivity index (χ2v) is 6.48. The normalized spacial score (nSPS) is 10.4. The molecule has 1 aromatic carbocycles. The van der Waals surface area contributed by atoms with E-state index in [1.54, 1.807) is 24.3 Å². The van der Waals surface area contributed by atoms with Crippen molar-refractivity contribution in [2.45, 2.75) is 19.4 Å². The van der Waals surface area contributed by atoms with Crippen LogP contribution in [0, 0.1) is 0 Å². The fourth-order valence-corrected chi connectivity index (χ4v) is 2.95. The molecule has 0 saturated heterocycles. The predicted octanol–water partition coefficient (Wildman–Crippen LogP) is 2.61. The van der Waals surface area contributed by atoms with E-state index in [0.717, 1.165) is 4.88 Å². The first kappa shape index (κ1) is 18.6. The molecule has 8 nitrogen and oxygen atoms in total. The van der Waals surface area contributed by atoms with Crippen molar-refractivity contribution in [3.8, 4) is 5.75 Å². The van der Waals surface area contributed by atoms with Crippen LogP contribution in [-0.4, -0.2) is 29.1 Å². The van der Waals surface area contributed by atoms with Crippen molar-refractivity contribution >= 4 is 28.9 Å². The second kappa shape index (κ2) is 8.95. The number of aromatic nitrogens is 2. The summed E-state index contributed by atoms with van der Waals surface area (Å²) in [4.78, 5) is 28.9. The molecule has 140 valence electrons. The maximum atomic E-state index is 12.1. The Kier molecular flexibility index (Phi) is 6.16. The third kappa shape index (κ3) is 5.38. The fourth-order valence-electron chi connectivity index (χ4n) is 2.26. The highest BCUT2D eigenvalue weighted by Gasteiger charge is 2.14. The van der Waals surface area contributed by atoms with Gasteiger partial charge in [0.05, 0.1) is 25.6 Å². The first-order valence-electron chi connectivity index (χ1n) is 8.06. The van der Waals surface area contributed by atoms with Gasteiger partial charge in [0.1, 0.15) is 5.75 Å². The summed E-state index contributed by atoms with van der Waals surface area (Å²) in [5.41, 5.74) is 0.552. The first-order chi connectivity index (χ1) is 13.1. The van der Waals surface area contributed by atoms with E-state index in [4.69, 9.17) is 14.0 Å². The molecule has 0 saturated carbocycles. The van der Waals surface area contributed by atoms with E-state index in [1.807, 2.05) is 17.5 Å². The Labute approximate surface area is 159 Å². The van der Waals surface area contributed by atoms with Crippen molar-refractivity contribution < 1.29 is 23.6 Å². The van der Waals surface area contributed by atoms with E-state index in [-0.39, 0.29) is 43.0 Å². The minimum Gasteiger partial charge on any atom is -0.495 e. The number of nitrogens with zero attached hydrogens (tertiary/aromatic N) is 2. The lowest BCUT2D eigenvalue weighted by Gasteiger charge is -2.08. The van der Waals surface area contributed by atoms with Crippen LogP contribution in [0.1, 0.15) is 16.6 Å². The Morgan fingerprint density at radius 2 is 2.04 bits per heavy atom. The summed E-state index contributed by atoms with van der Waals surface area (Å²) < 4.78 is 15.3. The number of benzene rings is 1. The molecule has 1 amide bonds. The standard InChI is InChI=1S/C18H17N3O5S/c1-24-14-7-3-2-6-13(14)19-16(22)10-15-20-17(26-21-15)11-25-18(23)9-12-5-4-8-27-12/h2-8H,9-11H2,1H3,(H,19,22). The van der Waals surface area contributed by atoms with Gasteiger partial charge in [-0.2, -0.15) is 4.98 Å². The van der Waals surface area contributed by atoms with Crippen molar-refractivity contribution in [2.75, 3.05) is 12.4 Å². The van der Waals surface area contributed by atoms with Gasteiger partial charge >= 0.3 is 5.97 Å². The number of anilines is 1. The van der Waals surface area contributed by atoms with Gasteiger partial charge in [-0.15, -0.1) is 11.3 Å². The minimum atomic E-state index is -0.383. The number of esters is 1. The summed E-state index contributed by atoms with van der Waals surface area (Å²) in [5, 5.41) is 8.34. The Hall–Kier alpha value is -3.20. The first-order valence-corrected chi connectivity index (χ1v) is 8.94. The lowest BCUT2D eigenvalue weighted by Crippen LogP contribution is -2.15. The van der Waals surface area contributed by atoms with Crippen LogP contribution in [0.2, 0.25) is 0 Å². The average Bonchev–Trinajstić information content (AvgIpc) is 3.32. The van der Waals surface area contributed by atoms with Gasteiger partial charge in [0, 0.05) is 4.88 Å². The van der Waals surface area contributed by atoms with Crippen molar-refractivity contribution in [2.24, 2.45) is 0 Å². The van der Waals surface area contributed by atoms with E-state index in [9.17, 15) is 9.59 Å². The van der Waals surface area contributed by atoms with E-state index >= 15 is 0 Å². The molecule has 0 atom stereocenters. The molecule has 0 aliphatic heterocycles. The number of para-hydroxylation sites is 2. The average molecular weight is 387 g/mol. The smallest absolute Gasteiger partial charge is 0.311 e. The van der Waals surface area contributed by atoms with Crippen molar-refractivity contribution in [3.05, 3.63) is 58.4 Å². The zero-order valence-corrected chi connectivity index (χ0v) is 15.3. The topological polar surface area (TPSA) is 104 Å². The maximum absolute atomic E-state index is 12.1. The number of hydrogen-bond donors (Lipinski definition) is 1. The summed E-state index contributed by atoms with van der Waals surface area (Å²) in [7, 11) is 1.52. The maximum Gasteiger partial charge on any atom is 0.311 e. The van der Waals surface area contributed by atoms with Crippen molar-refractivity contribution in [1.82, 2.24) is 10.1 Å². The third-order valence-corrected chi connectivity index (χ3v) is 4.34. The van der Waals surface area contributed by atoms with Gasteiger partial charge in [0.2, 0.25) is 5.91 Å². The van der Waals surface area contributed by atoms with Crippen molar-refractivity contribution in [3.63, 3.8) is 0 Å². The lowest BCUT2D eigenvalue weighted by molar-refractivity contribution is -0.144. The second-order valence-electron chi connectivity index (χ2n) is 5.45. The molecular weight excluding hydrogens is 370 g/mol. The highest BCUT2D eigenvalue weighted by atomic mass is 32.1. The highest BCUT2D eigenvalue weighted by Crippen LogP contribution is 2.23. The lowest BCUT2D eigenvalue weighted by atomic mass is 10.2. The summed E-state index contributed by atoms with van der Waals surface area (Å²) in [6.45, 7) is -0.134. The molecule has 2 aromatic heterocycles. The van der Waals surface area contributed by atoms with Gasteiger partial charge < -0.3 is 19.3 Å². The van der Waals surface area contributed by atoms with Gasteiger partial charge in [0.15, 0.2) is 12.4 Å². The van der Waals surface area contributed by atoms with E-state index < -0.39 is 0 Å². The summed E-state index contributed by atoms with van der Waals surface area (Å²) >= 11 is 1.48. The van der Waals surface area contributed by atoms with Crippen LogP contribution in [-0.2, 0) is 33.8 Å². The number of ether oxygens (including phenoxy) is 2. The van der Waals surface area contributed by atoms with Crippen LogP contribution in [0.25, 0.3) is 0 Å². The van der Waals surface area contributed by atoms with Crippen LogP contribution in [0.15, 0.2) is 46.3 Å². The predicted molar refractivity (Wildman–Crippen MR) is 97.4 cm³/mol. The van der Waals surface area contributed by atoms with Gasteiger partial charge in [-0.1, -0.05) is 23.4 Å². The Morgan fingerprint density at radius 3 is 2.81 bits per heavy atom. The number of methoxy groups -OCH3 is 1. The quantitative estimate of drug-likeness (QED) is 0.593. The Bertz CT molecular complexity index is 907. The van der Waals surface area contributed by atoms with E-state index in [1.165, 1.54) is 18.4 Å². The molecule has 2 heterocycles. The Balaban J connectivity index is 1.48. The molecular formula is C18H17N3O5S. The molecule has 0 aliphatic carbocycles. The number of carbonyl (C=O) groups excluding carboxylic acids is 2. The van der Waals surface area contributed by atoms with Gasteiger partial charge in [-0.25, -0.2) is 0 Å². The SMILES string of the molecule is COc1ccccc1NC(=O)Cc1noc(COC(=O)Cc2cccs2)n1. The van der Waals surface area contributed by atoms with Gasteiger partial charge in [-0.05, 0) is 23.6 Å². The van der Waals surface area contributed by atoms with Crippen LogP contribution in [0.5, 0.6) is 5.75 Å². The van der Waals surface area contributed by atoms with Gasteiger partial charge in [0.25, 0.3) is 5.89 Å². The van der Waals surface area contributed by atoms with Crippen LogP contribution >= 0.6 is 11.3 Å². The fraction of sp³-hybridized carbons (Fsp3) is 0.222. The third-order valence-electron chi connectivity index (χ3n) is 3.47. The largest absolute Gasteiger partial charge is 0.495 e. The summed E-state index contributed by atoms with van der Waals surface area (Å²) in [6.07, 6.45) is 0.116. The van der Waals surface area contributed by atoms with Gasteiger partial charge in [-0.3, -0.25) is 9.59 Å².